The third-order valence-electron chi connectivity index (χ3n) is 5.55. The lowest BCUT2D eigenvalue weighted by Gasteiger charge is -2.24. The van der Waals surface area contributed by atoms with Crippen molar-refractivity contribution >= 4 is 23.6 Å². The van der Waals surface area contributed by atoms with Crippen LogP contribution < -0.4 is 5.32 Å². The van der Waals surface area contributed by atoms with E-state index in [0.29, 0.717) is 17.9 Å². The number of hydrogen-bond donors (Lipinski definition) is 1. The Bertz CT molecular complexity index is 1050. The second-order valence-corrected chi connectivity index (χ2v) is 8.97. The van der Waals surface area contributed by atoms with Gasteiger partial charge in [0.25, 0.3) is 5.91 Å². The first-order valence-corrected chi connectivity index (χ1v) is 11.5. The Hall–Kier alpha value is -3.05. The summed E-state index contributed by atoms with van der Waals surface area (Å²) >= 11 is 1.63. The molecule has 0 unspecified atom stereocenters. The molecule has 3 aromatic rings. The van der Waals surface area contributed by atoms with Crippen molar-refractivity contribution < 1.29 is 9.59 Å². The van der Waals surface area contributed by atoms with Crippen molar-refractivity contribution in [2.75, 3.05) is 5.75 Å². The van der Waals surface area contributed by atoms with Crippen LogP contribution in [0.2, 0.25) is 0 Å². The van der Waals surface area contributed by atoms with Crippen LogP contribution in [0.1, 0.15) is 51.0 Å². The summed E-state index contributed by atoms with van der Waals surface area (Å²) in [5.41, 5.74) is 5.04. The Kier molecular flexibility index (Phi) is 6.42. The summed E-state index contributed by atoms with van der Waals surface area (Å²) in [4.78, 5) is 27.1. The highest BCUT2D eigenvalue weighted by atomic mass is 32.2. The zero-order chi connectivity index (χ0) is 21.8. The van der Waals surface area contributed by atoms with E-state index in [-0.39, 0.29) is 23.2 Å². The van der Waals surface area contributed by atoms with Gasteiger partial charge in [-0.25, -0.2) is 0 Å². The van der Waals surface area contributed by atoms with E-state index in [4.69, 9.17) is 0 Å². The van der Waals surface area contributed by atoms with Gasteiger partial charge in [-0.3, -0.25) is 9.59 Å². The summed E-state index contributed by atoms with van der Waals surface area (Å²) in [5, 5.41) is 3.03. The smallest absolute Gasteiger partial charge is 0.251 e. The van der Waals surface area contributed by atoms with E-state index in [9.17, 15) is 9.59 Å². The van der Waals surface area contributed by atoms with Crippen LogP contribution in [0.3, 0.4) is 0 Å². The van der Waals surface area contributed by atoms with Crippen LogP contribution in [0.5, 0.6) is 0 Å². The predicted molar refractivity (Wildman–Crippen MR) is 126 cm³/mol. The number of hydrogen-bond acceptors (Lipinski definition) is 3. The molecule has 0 saturated carbocycles. The van der Waals surface area contributed by atoms with Gasteiger partial charge in [-0.2, -0.15) is 0 Å². The lowest BCUT2D eigenvalue weighted by molar-refractivity contribution is -0.128. The van der Waals surface area contributed by atoms with Gasteiger partial charge in [-0.1, -0.05) is 72.3 Å². The zero-order valence-corrected chi connectivity index (χ0v) is 18.6. The summed E-state index contributed by atoms with van der Waals surface area (Å²) in [6.45, 7) is 4.62. The predicted octanol–water partition coefficient (Wildman–Crippen LogP) is 5.26. The lowest BCUT2D eigenvalue weighted by atomic mass is 10.1. The summed E-state index contributed by atoms with van der Waals surface area (Å²) < 4.78 is 0. The lowest BCUT2D eigenvalue weighted by Crippen LogP contribution is -2.28. The Morgan fingerprint density at radius 2 is 1.71 bits per heavy atom. The van der Waals surface area contributed by atoms with Crippen LogP contribution in [0.15, 0.2) is 78.9 Å². The maximum atomic E-state index is 12.7. The average molecular weight is 431 g/mol. The zero-order valence-electron chi connectivity index (χ0n) is 17.7. The fourth-order valence-corrected chi connectivity index (χ4v) is 4.89. The van der Waals surface area contributed by atoms with E-state index >= 15 is 0 Å². The monoisotopic (exact) mass is 430 g/mol. The third kappa shape index (κ3) is 5.00. The van der Waals surface area contributed by atoms with Crippen LogP contribution in [-0.4, -0.2) is 22.5 Å². The molecule has 4 rings (SSSR count). The molecule has 0 radical (unpaired) electrons. The van der Waals surface area contributed by atoms with E-state index in [2.05, 4.69) is 17.4 Å². The van der Waals surface area contributed by atoms with Crippen LogP contribution in [0.25, 0.3) is 0 Å². The first-order valence-electron chi connectivity index (χ1n) is 10.4. The van der Waals surface area contributed by atoms with Crippen molar-refractivity contribution in [2.45, 2.75) is 31.8 Å². The molecule has 0 spiro atoms. The largest absolute Gasteiger partial charge is 0.346 e. The Labute approximate surface area is 187 Å². The van der Waals surface area contributed by atoms with E-state index in [1.165, 1.54) is 5.56 Å². The summed E-state index contributed by atoms with van der Waals surface area (Å²) in [6.07, 6.45) is 0. The Balaban J connectivity index is 1.43. The van der Waals surface area contributed by atoms with Gasteiger partial charge in [0.15, 0.2) is 0 Å². The Morgan fingerprint density at radius 3 is 2.39 bits per heavy atom. The molecule has 3 aromatic carbocycles. The van der Waals surface area contributed by atoms with Crippen LogP contribution in [-0.2, 0) is 11.3 Å². The molecule has 0 aromatic heterocycles. The molecule has 1 saturated heterocycles. The summed E-state index contributed by atoms with van der Waals surface area (Å²) in [6, 6.07) is 25.7. The van der Waals surface area contributed by atoms with Crippen molar-refractivity contribution in [2.24, 2.45) is 0 Å². The van der Waals surface area contributed by atoms with Crippen LogP contribution in [0.4, 0.5) is 0 Å². The number of carbonyl (C=O) groups is 2. The number of nitrogens with zero attached hydrogens (tertiary/aromatic N) is 1. The van der Waals surface area contributed by atoms with E-state index in [1.807, 2.05) is 85.5 Å². The highest BCUT2D eigenvalue weighted by molar-refractivity contribution is 8.00. The molecule has 2 amide bonds. The minimum Gasteiger partial charge on any atom is -0.346 e. The van der Waals surface area contributed by atoms with Gasteiger partial charge >= 0.3 is 0 Å². The maximum Gasteiger partial charge on any atom is 0.251 e. The minimum absolute atomic E-state index is 0.0312. The standard InChI is InChI=1S/C26H26N2O2S/c1-18-8-10-21(11-9-18)19(2)27-25(30)22-12-14-23(15-13-22)26-28(24(29)17-31-26)16-20-6-4-3-5-7-20/h3-15,19,26H,16-17H2,1-2H3,(H,27,30)/t19-,26+/m1/s1. The quantitative estimate of drug-likeness (QED) is 0.580. The Morgan fingerprint density at radius 1 is 1.03 bits per heavy atom. The molecular formula is C26H26N2O2S. The van der Waals surface area contributed by atoms with Gasteiger partial charge in [0.05, 0.1) is 11.8 Å². The molecule has 1 fully saturated rings. The molecule has 0 bridgehead atoms. The van der Waals surface area contributed by atoms with Gasteiger partial charge in [0, 0.05) is 12.1 Å². The molecule has 0 aliphatic carbocycles. The van der Waals surface area contributed by atoms with E-state index in [1.54, 1.807) is 11.8 Å². The van der Waals surface area contributed by atoms with Crippen molar-refractivity contribution in [3.05, 3.63) is 107 Å². The molecular weight excluding hydrogens is 404 g/mol. The van der Waals surface area contributed by atoms with Gasteiger partial charge in [0.2, 0.25) is 5.91 Å². The van der Waals surface area contributed by atoms with Gasteiger partial charge in [-0.15, -0.1) is 11.8 Å². The number of aryl methyl sites for hydroxylation is 1. The fourth-order valence-electron chi connectivity index (χ4n) is 3.70. The molecule has 1 heterocycles. The number of amides is 2. The SMILES string of the molecule is Cc1ccc([C@@H](C)NC(=O)c2ccc([C@@H]3SCC(=O)N3Cc3ccccc3)cc2)cc1. The number of thioether (sulfide) groups is 1. The highest BCUT2D eigenvalue weighted by Gasteiger charge is 2.32. The summed E-state index contributed by atoms with van der Waals surface area (Å²) in [5.74, 6) is 0.525. The van der Waals surface area contributed by atoms with Gasteiger partial charge < -0.3 is 10.2 Å². The second kappa shape index (κ2) is 9.40. The first kappa shape index (κ1) is 21.2. The topological polar surface area (TPSA) is 49.4 Å². The normalized spacial score (nSPS) is 16.9. The van der Waals surface area contributed by atoms with E-state index < -0.39 is 0 Å². The molecule has 1 aliphatic heterocycles. The van der Waals surface area contributed by atoms with Crippen molar-refractivity contribution in [3.8, 4) is 0 Å². The molecule has 1 aliphatic rings. The number of nitrogens with one attached hydrogen (secondary N) is 1. The average Bonchev–Trinajstić information content (AvgIpc) is 3.15. The molecule has 4 nitrogen and oxygen atoms in total. The van der Waals surface area contributed by atoms with Crippen molar-refractivity contribution in [1.82, 2.24) is 10.2 Å². The third-order valence-corrected chi connectivity index (χ3v) is 6.80. The summed E-state index contributed by atoms with van der Waals surface area (Å²) in [7, 11) is 0. The van der Waals surface area contributed by atoms with Crippen LogP contribution in [0, 0.1) is 6.92 Å². The number of carbonyl (C=O) groups excluding carboxylic acids is 2. The van der Waals surface area contributed by atoms with Crippen molar-refractivity contribution in [1.29, 1.82) is 0 Å². The van der Waals surface area contributed by atoms with Crippen molar-refractivity contribution in [3.63, 3.8) is 0 Å². The minimum atomic E-state index is -0.101. The van der Waals surface area contributed by atoms with Crippen LogP contribution >= 0.6 is 11.8 Å². The molecule has 1 N–H and O–H groups in total. The second-order valence-electron chi connectivity index (χ2n) is 7.90. The molecule has 5 heteroatoms. The molecule has 2 atom stereocenters. The molecule has 158 valence electrons. The number of benzene rings is 3. The van der Waals surface area contributed by atoms with Gasteiger partial charge in [0.1, 0.15) is 5.37 Å². The molecule has 31 heavy (non-hydrogen) atoms. The first-order chi connectivity index (χ1) is 15.0. The fraction of sp³-hybridized carbons (Fsp3) is 0.231. The highest BCUT2D eigenvalue weighted by Crippen LogP contribution is 2.39. The number of rotatable bonds is 6. The van der Waals surface area contributed by atoms with Gasteiger partial charge in [-0.05, 0) is 42.7 Å². The van der Waals surface area contributed by atoms with E-state index in [0.717, 1.165) is 16.7 Å². The maximum absolute atomic E-state index is 12.7.